The van der Waals surface area contributed by atoms with Crippen molar-refractivity contribution in [3.05, 3.63) is 92.4 Å². The molecule has 0 unspecified atom stereocenters. The second-order valence-corrected chi connectivity index (χ2v) is 8.18. The van der Waals surface area contributed by atoms with Gasteiger partial charge in [0.2, 0.25) is 5.82 Å². The van der Waals surface area contributed by atoms with Crippen molar-refractivity contribution in [2.24, 2.45) is 0 Å². The maximum atomic E-state index is 12.6. The summed E-state index contributed by atoms with van der Waals surface area (Å²) in [5.74, 6) is 0.777. The molecular weight excluding hydrogens is 438 g/mol. The van der Waals surface area contributed by atoms with Crippen molar-refractivity contribution in [2.75, 3.05) is 11.9 Å². The number of rotatable bonds is 9. The Morgan fingerprint density at radius 2 is 2.24 bits per heavy atom. The monoisotopic (exact) mass is 459 g/mol. The summed E-state index contributed by atoms with van der Waals surface area (Å²) in [5, 5.41) is 27.9. The Bertz CT molecular complexity index is 1340. The van der Waals surface area contributed by atoms with Gasteiger partial charge in [0.15, 0.2) is 0 Å². The molecule has 0 spiro atoms. The summed E-state index contributed by atoms with van der Waals surface area (Å²) < 4.78 is 7.37. The summed E-state index contributed by atoms with van der Waals surface area (Å²) in [6.07, 6.45) is 4.09. The lowest BCUT2D eigenvalue weighted by molar-refractivity contribution is 0.321. The molecule has 166 valence electrons. The largest absolute Gasteiger partial charge is 0.493 e. The molecule has 10 heteroatoms. The van der Waals surface area contributed by atoms with E-state index in [1.54, 1.807) is 28.2 Å². The maximum absolute atomic E-state index is 12.6. The summed E-state index contributed by atoms with van der Waals surface area (Å²) in [6.45, 7) is 2.90. The highest BCUT2D eigenvalue weighted by Gasteiger charge is 2.09. The van der Waals surface area contributed by atoms with Gasteiger partial charge < -0.3 is 14.6 Å². The van der Waals surface area contributed by atoms with E-state index in [0.29, 0.717) is 18.9 Å². The third-order valence-electron chi connectivity index (χ3n) is 5.03. The highest BCUT2D eigenvalue weighted by atomic mass is 32.1. The van der Waals surface area contributed by atoms with Gasteiger partial charge in [-0.2, -0.15) is 10.5 Å². The summed E-state index contributed by atoms with van der Waals surface area (Å²) in [4.78, 5) is 13.9. The van der Waals surface area contributed by atoms with Crippen LogP contribution in [0.2, 0.25) is 0 Å². The molecule has 0 saturated heterocycles. The SMILES string of the molecule is Cc1c(Cn2ccc(OCCc3cccs3)cc2=O)cccc1NC=C(C#N)c1nn[nH]n1. The Morgan fingerprint density at radius 1 is 1.33 bits per heavy atom. The molecule has 0 fully saturated rings. The molecule has 9 nitrogen and oxygen atoms in total. The number of nitrogens with zero attached hydrogens (tertiary/aromatic N) is 5. The predicted octanol–water partition coefficient (Wildman–Crippen LogP) is 3.38. The molecule has 0 saturated carbocycles. The van der Waals surface area contributed by atoms with E-state index >= 15 is 0 Å². The van der Waals surface area contributed by atoms with E-state index in [9.17, 15) is 10.1 Å². The first-order valence-corrected chi connectivity index (χ1v) is 11.1. The first kappa shape index (κ1) is 22.0. The van der Waals surface area contributed by atoms with E-state index < -0.39 is 0 Å². The average molecular weight is 460 g/mol. The number of ether oxygens (including phenoxy) is 1. The van der Waals surface area contributed by atoms with Crippen molar-refractivity contribution in [2.45, 2.75) is 19.9 Å². The van der Waals surface area contributed by atoms with Gasteiger partial charge in [-0.15, -0.1) is 21.5 Å². The highest BCUT2D eigenvalue weighted by molar-refractivity contribution is 7.09. The topological polar surface area (TPSA) is 122 Å². The number of benzene rings is 1. The number of tetrazole rings is 1. The first-order valence-electron chi connectivity index (χ1n) is 10.2. The summed E-state index contributed by atoms with van der Waals surface area (Å²) in [7, 11) is 0. The van der Waals surface area contributed by atoms with Crippen LogP contribution in [0.5, 0.6) is 5.75 Å². The standard InChI is InChI=1S/C23H21N7O2S/c1-16-17(4-2-6-21(16)25-14-18(13-24)23-26-28-29-27-23)15-30-9-7-19(12-22(30)31)32-10-8-20-5-3-11-33-20/h2-7,9,11-12,14,25H,8,10,15H2,1H3,(H,26,27,28,29). The van der Waals surface area contributed by atoms with Crippen LogP contribution in [0.25, 0.3) is 5.57 Å². The molecule has 33 heavy (non-hydrogen) atoms. The van der Waals surface area contributed by atoms with Gasteiger partial charge in [-0.3, -0.25) is 4.79 Å². The first-order chi connectivity index (χ1) is 16.1. The molecule has 3 heterocycles. The zero-order valence-corrected chi connectivity index (χ0v) is 18.7. The number of nitriles is 1. The van der Waals surface area contributed by atoms with Crippen molar-refractivity contribution >= 4 is 22.6 Å². The van der Waals surface area contributed by atoms with Crippen LogP contribution >= 0.6 is 11.3 Å². The third kappa shape index (κ3) is 5.53. The minimum absolute atomic E-state index is 0.134. The minimum atomic E-state index is -0.134. The van der Waals surface area contributed by atoms with Crippen molar-refractivity contribution < 1.29 is 4.74 Å². The van der Waals surface area contributed by atoms with Crippen LogP contribution < -0.4 is 15.6 Å². The predicted molar refractivity (Wildman–Crippen MR) is 126 cm³/mol. The molecule has 0 amide bonds. The van der Waals surface area contributed by atoms with E-state index in [2.05, 4.69) is 32.0 Å². The van der Waals surface area contributed by atoms with Gasteiger partial charge in [0, 0.05) is 35.4 Å². The van der Waals surface area contributed by atoms with E-state index in [1.165, 1.54) is 17.1 Å². The van der Waals surface area contributed by atoms with E-state index in [-0.39, 0.29) is 17.0 Å². The van der Waals surface area contributed by atoms with Gasteiger partial charge in [0.05, 0.1) is 13.2 Å². The molecule has 0 radical (unpaired) electrons. The number of anilines is 1. The molecule has 3 aromatic heterocycles. The van der Waals surface area contributed by atoms with E-state index in [4.69, 9.17) is 4.74 Å². The Labute approximate surface area is 194 Å². The molecular formula is C23H21N7O2S. The molecule has 0 aliphatic carbocycles. The third-order valence-corrected chi connectivity index (χ3v) is 5.97. The highest BCUT2D eigenvalue weighted by Crippen LogP contribution is 2.21. The Balaban J connectivity index is 1.43. The Morgan fingerprint density at radius 3 is 2.97 bits per heavy atom. The summed E-state index contributed by atoms with van der Waals surface area (Å²) in [5.41, 5.74) is 2.86. The summed E-state index contributed by atoms with van der Waals surface area (Å²) in [6, 6.07) is 15.2. The van der Waals surface area contributed by atoms with Crippen LogP contribution in [0.3, 0.4) is 0 Å². The number of aromatic amines is 1. The average Bonchev–Trinajstić information content (AvgIpc) is 3.53. The van der Waals surface area contributed by atoms with Crippen LogP contribution in [0.1, 0.15) is 21.8 Å². The quantitative estimate of drug-likeness (QED) is 0.368. The van der Waals surface area contributed by atoms with Crippen LogP contribution in [-0.4, -0.2) is 31.8 Å². The van der Waals surface area contributed by atoms with Crippen LogP contribution in [0, 0.1) is 18.3 Å². The van der Waals surface area contributed by atoms with Crippen LogP contribution in [-0.2, 0) is 13.0 Å². The smallest absolute Gasteiger partial charge is 0.254 e. The number of pyridine rings is 1. The van der Waals surface area contributed by atoms with Gasteiger partial charge >= 0.3 is 0 Å². The van der Waals surface area contributed by atoms with Crippen LogP contribution in [0.15, 0.2) is 65.0 Å². The van der Waals surface area contributed by atoms with Gasteiger partial charge in [-0.25, -0.2) is 0 Å². The van der Waals surface area contributed by atoms with Crippen molar-refractivity contribution in [3.63, 3.8) is 0 Å². The van der Waals surface area contributed by atoms with Crippen LogP contribution in [0.4, 0.5) is 5.69 Å². The van der Waals surface area contributed by atoms with E-state index in [0.717, 1.165) is 23.2 Å². The zero-order chi connectivity index (χ0) is 23.0. The second kappa shape index (κ2) is 10.4. The zero-order valence-electron chi connectivity index (χ0n) is 17.9. The lowest BCUT2D eigenvalue weighted by Gasteiger charge is -2.13. The molecule has 0 bridgehead atoms. The fourth-order valence-electron chi connectivity index (χ4n) is 3.20. The fraction of sp³-hybridized carbons (Fsp3) is 0.174. The normalized spacial score (nSPS) is 11.2. The Kier molecular flexibility index (Phi) is 6.92. The fourth-order valence-corrected chi connectivity index (χ4v) is 3.89. The van der Waals surface area contributed by atoms with Gasteiger partial charge in [-0.1, -0.05) is 18.2 Å². The number of H-pyrrole nitrogens is 1. The lowest BCUT2D eigenvalue weighted by atomic mass is 10.1. The molecule has 0 aliphatic rings. The Hall–Kier alpha value is -4.23. The van der Waals surface area contributed by atoms with E-state index in [1.807, 2.05) is 42.6 Å². The molecule has 0 aliphatic heterocycles. The second-order valence-electron chi connectivity index (χ2n) is 7.15. The molecule has 2 N–H and O–H groups in total. The number of aromatic nitrogens is 5. The number of hydrogen-bond acceptors (Lipinski definition) is 8. The lowest BCUT2D eigenvalue weighted by Crippen LogP contribution is -2.20. The van der Waals surface area contributed by atoms with Crippen molar-refractivity contribution in [1.82, 2.24) is 25.2 Å². The summed E-state index contributed by atoms with van der Waals surface area (Å²) >= 11 is 1.69. The maximum Gasteiger partial charge on any atom is 0.254 e. The van der Waals surface area contributed by atoms with Gasteiger partial charge in [0.1, 0.15) is 17.4 Å². The molecule has 0 atom stereocenters. The number of allylic oxidation sites excluding steroid dienone is 1. The number of nitrogens with one attached hydrogen (secondary N) is 2. The number of hydrogen-bond donors (Lipinski definition) is 2. The molecule has 4 aromatic rings. The van der Waals surface area contributed by atoms with Crippen molar-refractivity contribution in [3.8, 4) is 11.8 Å². The van der Waals surface area contributed by atoms with Gasteiger partial charge in [0.25, 0.3) is 5.56 Å². The molecule has 1 aromatic carbocycles. The molecule has 4 rings (SSSR count). The van der Waals surface area contributed by atoms with Gasteiger partial charge in [-0.05, 0) is 46.8 Å². The van der Waals surface area contributed by atoms with Crippen molar-refractivity contribution in [1.29, 1.82) is 5.26 Å². The number of thiophene rings is 1. The minimum Gasteiger partial charge on any atom is -0.493 e.